The molecule has 1 aromatic heterocycles. The minimum absolute atomic E-state index is 0.0106. The zero-order valence-electron chi connectivity index (χ0n) is 10.4. The predicted molar refractivity (Wildman–Crippen MR) is 74.8 cm³/mol. The van der Waals surface area contributed by atoms with Gasteiger partial charge in [-0.15, -0.1) is 11.3 Å². The Labute approximate surface area is 111 Å². The number of thiophene rings is 1. The van der Waals surface area contributed by atoms with Gasteiger partial charge in [0.1, 0.15) is 0 Å². The van der Waals surface area contributed by atoms with E-state index in [-0.39, 0.29) is 23.8 Å². The van der Waals surface area contributed by atoms with E-state index in [1.165, 1.54) is 4.88 Å². The molecule has 2 N–H and O–H groups in total. The zero-order valence-corrected chi connectivity index (χ0v) is 12.0. The highest BCUT2D eigenvalue weighted by Crippen LogP contribution is 2.16. The maximum absolute atomic E-state index is 11.8. The van der Waals surface area contributed by atoms with Crippen molar-refractivity contribution in [2.75, 3.05) is 12.9 Å². The number of hydrogen-bond acceptors (Lipinski definition) is 4. The Morgan fingerprint density at radius 2 is 2.29 bits per heavy atom. The van der Waals surface area contributed by atoms with Crippen LogP contribution >= 0.6 is 23.1 Å². The number of aliphatic hydroxyl groups excluding tert-OH is 1. The van der Waals surface area contributed by atoms with Crippen LogP contribution in [-0.2, 0) is 11.2 Å². The van der Waals surface area contributed by atoms with E-state index in [4.69, 9.17) is 5.11 Å². The average Bonchev–Trinajstić information content (AvgIpc) is 2.65. The summed E-state index contributed by atoms with van der Waals surface area (Å²) in [7, 11) is 0. The average molecular weight is 273 g/mol. The van der Waals surface area contributed by atoms with Gasteiger partial charge in [0.05, 0.1) is 13.0 Å². The van der Waals surface area contributed by atoms with Crippen LogP contribution in [0.4, 0.5) is 0 Å². The molecule has 3 nitrogen and oxygen atoms in total. The number of rotatable bonds is 6. The number of aryl methyl sites for hydroxylation is 1. The summed E-state index contributed by atoms with van der Waals surface area (Å²) in [5.41, 5.74) is 0. The van der Waals surface area contributed by atoms with E-state index in [2.05, 4.69) is 5.32 Å². The summed E-state index contributed by atoms with van der Waals surface area (Å²) in [5, 5.41) is 12.1. The van der Waals surface area contributed by atoms with Crippen LogP contribution in [-0.4, -0.2) is 35.2 Å². The van der Waals surface area contributed by atoms with Crippen molar-refractivity contribution < 1.29 is 9.90 Å². The van der Waals surface area contributed by atoms with Crippen LogP contribution in [0.5, 0.6) is 0 Å². The third-order valence-corrected chi connectivity index (χ3v) is 4.72. The van der Waals surface area contributed by atoms with Crippen LogP contribution in [0.25, 0.3) is 0 Å². The van der Waals surface area contributed by atoms with E-state index in [1.807, 2.05) is 32.2 Å². The summed E-state index contributed by atoms with van der Waals surface area (Å²) < 4.78 is 0. The minimum atomic E-state index is -0.0106. The van der Waals surface area contributed by atoms with Crippen molar-refractivity contribution in [1.82, 2.24) is 5.32 Å². The van der Waals surface area contributed by atoms with Crippen molar-refractivity contribution >= 4 is 29.0 Å². The van der Waals surface area contributed by atoms with Gasteiger partial charge in [-0.3, -0.25) is 4.79 Å². The normalized spacial score (nSPS) is 14.4. The third-order valence-electron chi connectivity index (χ3n) is 2.56. The molecule has 1 aromatic rings. The Kier molecular flexibility index (Phi) is 6.02. The second-order valence-corrected chi connectivity index (χ2v) is 6.45. The van der Waals surface area contributed by atoms with Crippen LogP contribution in [0.1, 0.15) is 16.7 Å². The molecule has 1 rings (SSSR count). The van der Waals surface area contributed by atoms with Crippen molar-refractivity contribution in [1.29, 1.82) is 0 Å². The van der Waals surface area contributed by atoms with Crippen molar-refractivity contribution in [2.24, 2.45) is 0 Å². The number of hydrogen-bond donors (Lipinski definition) is 2. The lowest BCUT2D eigenvalue weighted by Gasteiger charge is -2.21. The molecule has 0 aromatic carbocycles. The molecule has 1 amide bonds. The molecule has 0 saturated carbocycles. The molecular weight excluding hydrogens is 254 g/mol. The maximum atomic E-state index is 11.8. The Morgan fingerprint density at radius 1 is 1.59 bits per heavy atom. The van der Waals surface area contributed by atoms with Gasteiger partial charge in [0.2, 0.25) is 5.91 Å². The monoisotopic (exact) mass is 273 g/mol. The molecular formula is C12H19NO2S2. The molecule has 0 fully saturated rings. The van der Waals surface area contributed by atoms with Gasteiger partial charge in [-0.2, -0.15) is 11.8 Å². The molecule has 0 radical (unpaired) electrons. The summed E-state index contributed by atoms with van der Waals surface area (Å²) in [6.45, 7) is 4.04. The van der Waals surface area contributed by atoms with Crippen LogP contribution in [0.2, 0.25) is 0 Å². The number of thioether (sulfide) groups is 1. The molecule has 0 aliphatic rings. The van der Waals surface area contributed by atoms with Crippen LogP contribution in [0.3, 0.4) is 0 Å². The van der Waals surface area contributed by atoms with E-state index in [0.717, 1.165) is 4.88 Å². The van der Waals surface area contributed by atoms with E-state index < -0.39 is 0 Å². The molecule has 0 aliphatic carbocycles. The highest BCUT2D eigenvalue weighted by Gasteiger charge is 2.17. The number of carbonyl (C=O) groups excluding carboxylic acids is 1. The number of amides is 1. The number of aliphatic hydroxyl groups is 1. The first-order valence-corrected chi connectivity index (χ1v) is 7.65. The molecule has 17 heavy (non-hydrogen) atoms. The summed E-state index contributed by atoms with van der Waals surface area (Å²) >= 11 is 3.22. The first-order valence-electron chi connectivity index (χ1n) is 5.55. The van der Waals surface area contributed by atoms with Gasteiger partial charge in [0.15, 0.2) is 0 Å². The molecule has 5 heteroatoms. The smallest absolute Gasteiger partial charge is 0.225 e. The van der Waals surface area contributed by atoms with E-state index in [9.17, 15) is 4.79 Å². The Bertz CT molecular complexity index is 361. The minimum Gasteiger partial charge on any atom is -0.395 e. The molecule has 2 atom stereocenters. The molecule has 0 aliphatic heterocycles. The van der Waals surface area contributed by atoms with Gasteiger partial charge < -0.3 is 10.4 Å². The van der Waals surface area contributed by atoms with E-state index in [0.29, 0.717) is 6.42 Å². The first-order chi connectivity index (χ1) is 8.06. The molecule has 0 saturated heterocycles. The molecule has 0 bridgehead atoms. The quantitative estimate of drug-likeness (QED) is 0.831. The fraction of sp³-hybridized carbons (Fsp3) is 0.583. The Balaban J connectivity index is 2.44. The summed E-state index contributed by atoms with van der Waals surface area (Å²) in [4.78, 5) is 14.1. The van der Waals surface area contributed by atoms with Crippen molar-refractivity contribution in [3.05, 3.63) is 21.9 Å². The first kappa shape index (κ1) is 14.5. The van der Waals surface area contributed by atoms with Crippen LogP contribution in [0, 0.1) is 6.92 Å². The van der Waals surface area contributed by atoms with Crippen molar-refractivity contribution in [3.63, 3.8) is 0 Å². The van der Waals surface area contributed by atoms with E-state index in [1.54, 1.807) is 23.1 Å². The fourth-order valence-electron chi connectivity index (χ4n) is 1.57. The Hall–Kier alpha value is -0.520. The molecule has 0 spiro atoms. The fourth-order valence-corrected chi connectivity index (χ4v) is 3.09. The lowest BCUT2D eigenvalue weighted by atomic mass is 10.2. The second-order valence-electron chi connectivity index (χ2n) is 4.00. The number of nitrogens with one attached hydrogen (secondary N) is 1. The zero-order chi connectivity index (χ0) is 12.8. The SMILES string of the molecule is CSC(CO)C(C)NC(=O)Cc1ccc(C)s1. The topological polar surface area (TPSA) is 49.3 Å². The van der Waals surface area contributed by atoms with Crippen molar-refractivity contribution in [3.8, 4) is 0 Å². The maximum Gasteiger partial charge on any atom is 0.225 e. The van der Waals surface area contributed by atoms with Crippen molar-refractivity contribution in [2.45, 2.75) is 31.6 Å². The van der Waals surface area contributed by atoms with Gasteiger partial charge in [0, 0.05) is 21.0 Å². The number of carbonyl (C=O) groups is 1. The lowest BCUT2D eigenvalue weighted by molar-refractivity contribution is -0.121. The van der Waals surface area contributed by atoms with Gasteiger partial charge >= 0.3 is 0 Å². The van der Waals surface area contributed by atoms with Crippen LogP contribution in [0.15, 0.2) is 12.1 Å². The second kappa shape index (κ2) is 7.03. The lowest BCUT2D eigenvalue weighted by Crippen LogP contribution is -2.41. The molecule has 1 heterocycles. The third kappa shape index (κ3) is 4.69. The predicted octanol–water partition coefficient (Wildman–Crippen LogP) is 1.83. The highest BCUT2D eigenvalue weighted by atomic mass is 32.2. The summed E-state index contributed by atoms with van der Waals surface area (Å²) in [6.07, 6.45) is 2.36. The van der Waals surface area contributed by atoms with Gasteiger partial charge in [-0.05, 0) is 32.2 Å². The van der Waals surface area contributed by atoms with E-state index >= 15 is 0 Å². The Morgan fingerprint density at radius 3 is 2.76 bits per heavy atom. The van der Waals surface area contributed by atoms with Gasteiger partial charge in [0.25, 0.3) is 0 Å². The van der Waals surface area contributed by atoms with Gasteiger partial charge in [-0.1, -0.05) is 0 Å². The standard InChI is InChI=1S/C12H19NO2S2/c1-8-4-5-10(17-8)6-12(15)13-9(2)11(7-14)16-3/h4-5,9,11,14H,6-7H2,1-3H3,(H,13,15). The summed E-state index contributed by atoms with van der Waals surface area (Å²) in [6, 6.07) is 4.00. The van der Waals surface area contributed by atoms with Gasteiger partial charge in [-0.25, -0.2) is 0 Å². The summed E-state index contributed by atoms with van der Waals surface area (Å²) in [5.74, 6) is 0.0202. The van der Waals surface area contributed by atoms with Crippen LogP contribution < -0.4 is 5.32 Å². The highest BCUT2D eigenvalue weighted by molar-refractivity contribution is 7.99. The molecule has 2 unspecified atom stereocenters. The molecule has 96 valence electrons. The largest absolute Gasteiger partial charge is 0.395 e.